The second kappa shape index (κ2) is 8.90. The van der Waals surface area contributed by atoms with E-state index in [4.69, 9.17) is 9.84 Å². The van der Waals surface area contributed by atoms with Gasteiger partial charge in [-0.25, -0.2) is 4.79 Å². The van der Waals surface area contributed by atoms with Gasteiger partial charge in [-0.1, -0.05) is 0 Å². The lowest BCUT2D eigenvalue weighted by atomic mass is 9.94. The number of carboxylic acid groups (broad SMARTS) is 1. The Morgan fingerprint density at radius 1 is 1.33 bits per heavy atom. The van der Waals surface area contributed by atoms with Crippen LogP contribution >= 0.6 is 0 Å². The molecule has 0 unspecified atom stereocenters. The molecule has 1 aliphatic rings. The number of carboxylic acids is 1. The SMILES string of the molecule is O=C(O)COc1ccc(-c2cnccn2)cc1CN1CC[C@H](CO)[C@H](O)C1. The number of β-amino-alcohol motifs (C(OH)–C–C–N with tert-alkyl or cyclic N) is 1. The van der Waals surface area contributed by atoms with Gasteiger partial charge in [-0.2, -0.15) is 0 Å². The molecule has 1 saturated heterocycles. The molecule has 2 atom stereocenters. The first-order chi connectivity index (χ1) is 13.1. The Labute approximate surface area is 157 Å². The second-order valence-corrected chi connectivity index (χ2v) is 6.63. The molecule has 0 amide bonds. The summed E-state index contributed by atoms with van der Waals surface area (Å²) in [6, 6.07) is 5.46. The highest BCUT2D eigenvalue weighted by molar-refractivity contribution is 5.69. The molecule has 8 heteroatoms. The second-order valence-electron chi connectivity index (χ2n) is 6.63. The molecule has 1 fully saturated rings. The zero-order chi connectivity index (χ0) is 19.2. The number of benzene rings is 1. The summed E-state index contributed by atoms with van der Waals surface area (Å²) in [7, 11) is 0. The molecule has 3 N–H and O–H groups in total. The van der Waals surface area contributed by atoms with Gasteiger partial charge in [0.15, 0.2) is 6.61 Å². The van der Waals surface area contributed by atoms with Crippen molar-refractivity contribution in [3.8, 4) is 17.0 Å². The van der Waals surface area contributed by atoms with Gasteiger partial charge >= 0.3 is 5.97 Å². The molecule has 0 spiro atoms. The number of aromatic nitrogens is 2. The highest BCUT2D eigenvalue weighted by Gasteiger charge is 2.27. The van der Waals surface area contributed by atoms with Gasteiger partial charge < -0.3 is 20.1 Å². The molecular formula is C19H23N3O5. The molecule has 0 radical (unpaired) electrons. The van der Waals surface area contributed by atoms with Gasteiger partial charge in [0.1, 0.15) is 5.75 Å². The van der Waals surface area contributed by atoms with Crippen molar-refractivity contribution in [2.45, 2.75) is 19.1 Å². The van der Waals surface area contributed by atoms with Crippen LogP contribution in [0.3, 0.4) is 0 Å². The summed E-state index contributed by atoms with van der Waals surface area (Å²) in [5, 5.41) is 28.4. The van der Waals surface area contributed by atoms with Crippen LogP contribution in [0.5, 0.6) is 5.75 Å². The van der Waals surface area contributed by atoms with E-state index in [2.05, 4.69) is 14.9 Å². The summed E-state index contributed by atoms with van der Waals surface area (Å²) < 4.78 is 5.44. The van der Waals surface area contributed by atoms with Gasteiger partial charge in [0.05, 0.1) is 18.0 Å². The van der Waals surface area contributed by atoms with Gasteiger partial charge in [0.2, 0.25) is 0 Å². The zero-order valence-corrected chi connectivity index (χ0v) is 14.9. The van der Waals surface area contributed by atoms with Crippen LogP contribution in [0.1, 0.15) is 12.0 Å². The lowest BCUT2D eigenvalue weighted by Gasteiger charge is -2.35. The molecule has 3 rings (SSSR count). The maximum absolute atomic E-state index is 10.9. The highest BCUT2D eigenvalue weighted by Crippen LogP contribution is 2.28. The number of hydrogen-bond donors (Lipinski definition) is 3. The van der Waals surface area contributed by atoms with Crippen LogP contribution in [0.4, 0.5) is 0 Å². The Morgan fingerprint density at radius 2 is 2.19 bits per heavy atom. The minimum absolute atomic E-state index is 0.0237. The van der Waals surface area contributed by atoms with Gasteiger partial charge in [0, 0.05) is 49.1 Å². The summed E-state index contributed by atoms with van der Waals surface area (Å²) in [6.07, 6.45) is 4.98. The fourth-order valence-corrected chi connectivity index (χ4v) is 3.23. The van der Waals surface area contributed by atoms with E-state index < -0.39 is 18.7 Å². The monoisotopic (exact) mass is 373 g/mol. The summed E-state index contributed by atoms with van der Waals surface area (Å²) in [6.45, 7) is 1.23. The maximum atomic E-state index is 10.9. The molecule has 1 aliphatic heterocycles. The largest absolute Gasteiger partial charge is 0.482 e. The molecule has 144 valence electrons. The van der Waals surface area contributed by atoms with Crippen LogP contribution in [0, 0.1) is 5.92 Å². The fourth-order valence-electron chi connectivity index (χ4n) is 3.23. The number of aliphatic hydroxyl groups excluding tert-OH is 2. The average Bonchev–Trinajstić information content (AvgIpc) is 2.68. The van der Waals surface area contributed by atoms with E-state index in [1.54, 1.807) is 24.7 Å². The number of ether oxygens (including phenoxy) is 1. The van der Waals surface area contributed by atoms with E-state index in [-0.39, 0.29) is 12.5 Å². The summed E-state index contributed by atoms with van der Waals surface area (Å²) in [5.41, 5.74) is 2.38. The van der Waals surface area contributed by atoms with Crippen molar-refractivity contribution in [3.63, 3.8) is 0 Å². The maximum Gasteiger partial charge on any atom is 0.341 e. The van der Waals surface area contributed by atoms with Crippen LogP contribution in [-0.4, -0.2) is 68.6 Å². The minimum Gasteiger partial charge on any atom is -0.482 e. The molecule has 0 bridgehead atoms. The van der Waals surface area contributed by atoms with E-state index in [1.165, 1.54) is 0 Å². The van der Waals surface area contributed by atoms with E-state index in [0.717, 1.165) is 17.7 Å². The third-order valence-corrected chi connectivity index (χ3v) is 4.70. The number of nitrogens with zero attached hydrogens (tertiary/aromatic N) is 3. The topological polar surface area (TPSA) is 116 Å². The molecule has 2 aromatic rings. The number of piperidine rings is 1. The predicted molar refractivity (Wildman–Crippen MR) is 97.1 cm³/mol. The van der Waals surface area contributed by atoms with Gasteiger partial charge in [-0.05, 0) is 31.2 Å². The van der Waals surface area contributed by atoms with Crippen LogP contribution in [-0.2, 0) is 11.3 Å². The Kier molecular flexibility index (Phi) is 6.33. The highest BCUT2D eigenvalue weighted by atomic mass is 16.5. The smallest absolute Gasteiger partial charge is 0.341 e. The molecule has 27 heavy (non-hydrogen) atoms. The van der Waals surface area contributed by atoms with Crippen molar-refractivity contribution >= 4 is 5.97 Å². The molecule has 1 aromatic heterocycles. The molecule has 0 aliphatic carbocycles. The quantitative estimate of drug-likeness (QED) is 0.652. The van der Waals surface area contributed by atoms with Crippen molar-refractivity contribution in [1.82, 2.24) is 14.9 Å². The fraction of sp³-hybridized carbons (Fsp3) is 0.421. The van der Waals surface area contributed by atoms with Gasteiger partial charge in [-0.3, -0.25) is 14.9 Å². The lowest BCUT2D eigenvalue weighted by Crippen LogP contribution is -2.44. The molecule has 2 heterocycles. The first kappa shape index (κ1) is 19.2. The van der Waals surface area contributed by atoms with E-state index >= 15 is 0 Å². The van der Waals surface area contributed by atoms with Crippen molar-refractivity contribution in [3.05, 3.63) is 42.4 Å². The molecule has 1 aromatic carbocycles. The first-order valence-corrected chi connectivity index (χ1v) is 8.82. The third kappa shape index (κ3) is 5.00. The summed E-state index contributed by atoms with van der Waals surface area (Å²) >= 11 is 0. The number of carbonyl (C=O) groups is 1. The first-order valence-electron chi connectivity index (χ1n) is 8.82. The molecular weight excluding hydrogens is 350 g/mol. The van der Waals surface area contributed by atoms with Crippen LogP contribution in [0.25, 0.3) is 11.3 Å². The van der Waals surface area contributed by atoms with E-state index in [0.29, 0.717) is 31.0 Å². The van der Waals surface area contributed by atoms with Gasteiger partial charge in [-0.15, -0.1) is 0 Å². The molecule has 0 saturated carbocycles. The zero-order valence-electron chi connectivity index (χ0n) is 14.9. The Balaban J connectivity index is 1.82. The number of aliphatic carboxylic acids is 1. The lowest BCUT2D eigenvalue weighted by molar-refractivity contribution is -0.139. The van der Waals surface area contributed by atoms with Crippen molar-refractivity contribution in [2.24, 2.45) is 5.92 Å². The summed E-state index contributed by atoms with van der Waals surface area (Å²) in [4.78, 5) is 21.3. The Morgan fingerprint density at radius 3 is 2.85 bits per heavy atom. The van der Waals surface area contributed by atoms with Crippen molar-refractivity contribution in [1.29, 1.82) is 0 Å². The number of likely N-dealkylation sites (tertiary alicyclic amines) is 1. The van der Waals surface area contributed by atoms with Crippen molar-refractivity contribution < 1.29 is 24.9 Å². The Bertz CT molecular complexity index is 771. The number of rotatable bonds is 7. The molecule has 8 nitrogen and oxygen atoms in total. The minimum atomic E-state index is -1.04. The van der Waals surface area contributed by atoms with Crippen LogP contribution in [0.15, 0.2) is 36.8 Å². The number of hydrogen-bond acceptors (Lipinski definition) is 7. The predicted octanol–water partition coefficient (Wildman–Crippen LogP) is 0.782. The van der Waals surface area contributed by atoms with Crippen LogP contribution in [0.2, 0.25) is 0 Å². The average molecular weight is 373 g/mol. The third-order valence-electron chi connectivity index (χ3n) is 4.70. The normalized spacial score (nSPS) is 20.4. The number of aliphatic hydroxyl groups is 2. The standard InChI is InChI=1S/C19H23N3O5/c23-11-14-3-6-22(10-17(14)24)9-15-7-13(16-8-20-4-5-21-16)1-2-18(15)27-12-19(25)26/h1-2,4-5,7-8,14,17,23-24H,3,6,9-12H2,(H,25,26)/t14-,17-/m1/s1. The van der Waals surface area contributed by atoms with Gasteiger partial charge in [0.25, 0.3) is 0 Å². The van der Waals surface area contributed by atoms with Crippen molar-refractivity contribution in [2.75, 3.05) is 26.3 Å². The van der Waals surface area contributed by atoms with E-state index in [1.807, 2.05) is 12.1 Å². The van der Waals surface area contributed by atoms with E-state index in [9.17, 15) is 15.0 Å². The summed E-state index contributed by atoms with van der Waals surface area (Å²) in [5.74, 6) is -0.656. The Hall–Kier alpha value is -2.55. The van der Waals surface area contributed by atoms with Crippen LogP contribution < -0.4 is 4.74 Å².